The summed E-state index contributed by atoms with van der Waals surface area (Å²) in [6, 6.07) is 3.50. The van der Waals surface area contributed by atoms with Gasteiger partial charge in [0, 0.05) is 20.0 Å². The average molecular weight is 358 g/mol. The molecule has 0 atom stereocenters. The fourth-order valence-corrected chi connectivity index (χ4v) is 2.07. The van der Waals surface area contributed by atoms with E-state index in [4.69, 9.17) is 4.74 Å². The molecule has 0 fully saturated rings. The van der Waals surface area contributed by atoms with Crippen LogP contribution >= 0.6 is 0 Å². The predicted octanol–water partition coefficient (Wildman–Crippen LogP) is 4.80. The summed E-state index contributed by atoms with van der Waals surface area (Å²) >= 11 is 0. The van der Waals surface area contributed by atoms with Crippen LogP contribution in [0.1, 0.15) is 47.7 Å². The molecule has 0 aliphatic rings. The Kier molecular flexibility index (Phi) is 7.93. The first-order valence-electron chi connectivity index (χ1n) is 8.23. The number of benzene rings is 1. The molecule has 0 aliphatic heterocycles. The Morgan fingerprint density at radius 3 is 2.52 bits per heavy atom. The van der Waals surface area contributed by atoms with Crippen molar-refractivity contribution < 1.29 is 22.7 Å². The van der Waals surface area contributed by atoms with Gasteiger partial charge in [-0.15, -0.1) is 0 Å². The summed E-state index contributed by atoms with van der Waals surface area (Å²) < 4.78 is 41.2. The fourth-order valence-electron chi connectivity index (χ4n) is 2.07. The van der Waals surface area contributed by atoms with Gasteiger partial charge in [-0.2, -0.15) is 13.2 Å². The predicted molar refractivity (Wildman–Crippen MR) is 92.6 cm³/mol. The standard InChI is InChI=1S/C18H25F3N2O2/c1-5-23(4)12-22-16-11-13(2)15(10-14(16)3)17(24)25-9-7-6-8-18(19,20)21/h10-12H,5-9H2,1-4H3. The van der Waals surface area contributed by atoms with Crippen molar-refractivity contribution in [3.05, 3.63) is 28.8 Å². The highest BCUT2D eigenvalue weighted by molar-refractivity contribution is 5.92. The van der Waals surface area contributed by atoms with Gasteiger partial charge in [0.15, 0.2) is 0 Å². The minimum absolute atomic E-state index is 0.0192. The SMILES string of the molecule is CCN(C)C=Nc1cc(C)c(C(=O)OCCCCC(F)(F)F)cc1C. The third kappa shape index (κ3) is 7.58. The van der Waals surface area contributed by atoms with Gasteiger partial charge in [0.2, 0.25) is 0 Å². The third-order valence-electron chi connectivity index (χ3n) is 3.74. The van der Waals surface area contributed by atoms with Gasteiger partial charge >= 0.3 is 12.1 Å². The molecule has 0 radical (unpaired) electrons. The zero-order chi connectivity index (χ0) is 19.0. The highest BCUT2D eigenvalue weighted by Gasteiger charge is 2.25. The molecule has 140 valence electrons. The van der Waals surface area contributed by atoms with Crippen molar-refractivity contribution in [1.82, 2.24) is 4.90 Å². The Hall–Kier alpha value is -2.05. The molecule has 0 N–H and O–H groups in total. The van der Waals surface area contributed by atoms with Crippen LogP contribution in [0.15, 0.2) is 17.1 Å². The normalized spacial score (nSPS) is 11.8. The lowest BCUT2D eigenvalue weighted by molar-refractivity contribution is -0.135. The maximum Gasteiger partial charge on any atom is 0.389 e. The van der Waals surface area contributed by atoms with E-state index in [0.717, 1.165) is 23.4 Å². The summed E-state index contributed by atoms with van der Waals surface area (Å²) in [4.78, 5) is 18.4. The van der Waals surface area contributed by atoms with Gasteiger partial charge in [-0.1, -0.05) is 0 Å². The average Bonchev–Trinajstić information content (AvgIpc) is 2.53. The molecule has 0 bridgehead atoms. The number of halogens is 3. The Morgan fingerprint density at radius 2 is 1.92 bits per heavy atom. The summed E-state index contributed by atoms with van der Waals surface area (Å²) in [6.45, 7) is 6.45. The van der Waals surface area contributed by atoms with Crippen LogP contribution in [0.3, 0.4) is 0 Å². The van der Waals surface area contributed by atoms with Gasteiger partial charge in [-0.05, 0) is 56.9 Å². The largest absolute Gasteiger partial charge is 0.462 e. The van der Waals surface area contributed by atoms with E-state index in [0.29, 0.717) is 5.56 Å². The molecule has 1 aromatic rings. The first-order chi connectivity index (χ1) is 11.6. The van der Waals surface area contributed by atoms with Crippen molar-refractivity contribution in [2.45, 2.75) is 46.2 Å². The number of rotatable bonds is 8. The number of aliphatic imine (C=N–C) groups is 1. The van der Waals surface area contributed by atoms with Crippen molar-refractivity contribution in [3.8, 4) is 0 Å². The Bertz CT molecular complexity index is 613. The molecule has 1 rings (SSSR count). The van der Waals surface area contributed by atoms with E-state index in [2.05, 4.69) is 4.99 Å². The zero-order valence-corrected chi connectivity index (χ0v) is 15.1. The molecule has 0 spiro atoms. The summed E-state index contributed by atoms with van der Waals surface area (Å²) in [7, 11) is 1.91. The second-order valence-electron chi connectivity index (χ2n) is 5.98. The first kappa shape index (κ1) is 21.0. The fraction of sp³-hybridized carbons (Fsp3) is 0.556. The Morgan fingerprint density at radius 1 is 1.24 bits per heavy atom. The van der Waals surface area contributed by atoms with Crippen molar-refractivity contribution >= 4 is 18.0 Å². The van der Waals surface area contributed by atoms with Gasteiger partial charge in [-0.3, -0.25) is 0 Å². The molecular formula is C18H25F3N2O2. The van der Waals surface area contributed by atoms with Gasteiger partial charge in [0.25, 0.3) is 0 Å². The van der Waals surface area contributed by atoms with Gasteiger partial charge in [-0.25, -0.2) is 9.79 Å². The molecule has 0 heterocycles. The quantitative estimate of drug-likeness (QED) is 0.290. The van der Waals surface area contributed by atoms with E-state index >= 15 is 0 Å². The van der Waals surface area contributed by atoms with Crippen LogP contribution < -0.4 is 0 Å². The van der Waals surface area contributed by atoms with Crippen LogP contribution in [0.4, 0.5) is 18.9 Å². The highest BCUT2D eigenvalue weighted by Crippen LogP contribution is 2.24. The van der Waals surface area contributed by atoms with E-state index in [9.17, 15) is 18.0 Å². The molecular weight excluding hydrogens is 333 g/mol. The van der Waals surface area contributed by atoms with E-state index in [1.54, 1.807) is 25.4 Å². The maximum absolute atomic E-state index is 12.1. The molecule has 0 unspecified atom stereocenters. The molecule has 0 amide bonds. The molecule has 0 aliphatic carbocycles. The minimum Gasteiger partial charge on any atom is -0.462 e. The highest BCUT2D eigenvalue weighted by atomic mass is 19.4. The number of carbonyl (C=O) groups excluding carboxylic acids is 1. The minimum atomic E-state index is -4.17. The summed E-state index contributed by atoms with van der Waals surface area (Å²) in [5, 5.41) is 0. The van der Waals surface area contributed by atoms with Gasteiger partial charge < -0.3 is 9.64 Å². The monoisotopic (exact) mass is 358 g/mol. The van der Waals surface area contributed by atoms with Crippen molar-refractivity contribution in [3.63, 3.8) is 0 Å². The second kappa shape index (κ2) is 9.44. The smallest absolute Gasteiger partial charge is 0.389 e. The van der Waals surface area contributed by atoms with E-state index in [-0.39, 0.29) is 19.4 Å². The number of nitrogens with zero attached hydrogens (tertiary/aromatic N) is 2. The number of aryl methyl sites for hydroxylation is 2. The number of alkyl halides is 3. The van der Waals surface area contributed by atoms with Crippen LogP contribution in [0.25, 0.3) is 0 Å². The molecule has 0 aromatic heterocycles. The summed E-state index contributed by atoms with van der Waals surface area (Å²) in [5.41, 5.74) is 2.73. The first-order valence-corrected chi connectivity index (χ1v) is 8.23. The van der Waals surface area contributed by atoms with Gasteiger partial charge in [0.05, 0.1) is 24.2 Å². The topological polar surface area (TPSA) is 41.9 Å². The van der Waals surface area contributed by atoms with Crippen LogP contribution in [0.2, 0.25) is 0 Å². The third-order valence-corrected chi connectivity index (χ3v) is 3.74. The number of esters is 1. The maximum atomic E-state index is 12.1. The molecule has 7 heteroatoms. The van der Waals surface area contributed by atoms with Crippen molar-refractivity contribution in [1.29, 1.82) is 0 Å². The van der Waals surface area contributed by atoms with E-state index in [1.165, 1.54) is 0 Å². The number of unbranched alkanes of at least 4 members (excludes halogenated alkanes) is 1. The molecule has 0 saturated carbocycles. The summed E-state index contributed by atoms with van der Waals surface area (Å²) in [6.07, 6.45) is -3.16. The summed E-state index contributed by atoms with van der Waals surface area (Å²) in [5.74, 6) is -0.520. The molecule has 4 nitrogen and oxygen atoms in total. The lowest BCUT2D eigenvalue weighted by atomic mass is 10.0. The lowest BCUT2D eigenvalue weighted by Gasteiger charge is -2.12. The van der Waals surface area contributed by atoms with Crippen molar-refractivity contribution in [2.75, 3.05) is 20.2 Å². The number of carbonyl (C=O) groups is 1. The van der Waals surface area contributed by atoms with Crippen LogP contribution in [-0.4, -0.2) is 43.6 Å². The van der Waals surface area contributed by atoms with Crippen LogP contribution in [0.5, 0.6) is 0 Å². The van der Waals surface area contributed by atoms with Gasteiger partial charge in [0.1, 0.15) is 0 Å². The molecule has 0 saturated heterocycles. The lowest BCUT2D eigenvalue weighted by Crippen LogP contribution is -2.14. The van der Waals surface area contributed by atoms with Crippen LogP contribution in [-0.2, 0) is 4.74 Å². The zero-order valence-electron chi connectivity index (χ0n) is 15.1. The van der Waals surface area contributed by atoms with Crippen LogP contribution in [0, 0.1) is 13.8 Å². The second-order valence-corrected chi connectivity index (χ2v) is 5.98. The van der Waals surface area contributed by atoms with E-state index in [1.807, 2.05) is 25.8 Å². The number of hydrogen-bond donors (Lipinski definition) is 0. The Labute approximate surface area is 146 Å². The Balaban J connectivity index is 2.65. The van der Waals surface area contributed by atoms with Crippen molar-refractivity contribution in [2.24, 2.45) is 4.99 Å². The van der Waals surface area contributed by atoms with E-state index < -0.39 is 18.6 Å². The molecule has 25 heavy (non-hydrogen) atoms. The number of ether oxygens (including phenoxy) is 1. The number of hydrogen-bond acceptors (Lipinski definition) is 3. The molecule has 1 aromatic carbocycles.